The van der Waals surface area contributed by atoms with Gasteiger partial charge in [0.05, 0.1) is 5.56 Å². The van der Waals surface area contributed by atoms with Crippen LogP contribution in [-0.4, -0.2) is 35.1 Å². The second kappa shape index (κ2) is 5.44. The number of thiophene rings is 1. The fraction of sp³-hybridized carbons (Fsp3) is 0.571. The number of rotatable bonds is 2. The van der Waals surface area contributed by atoms with Gasteiger partial charge in [-0.05, 0) is 44.1 Å². The number of anilines is 1. The van der Waals surface area contributed by atoms with Crippen molar-refractivity contribution in [1.29, 1.82) is 0 Å². The van der Waals surface area contributed by atoms with Crippen LogP contribution < -0.4 is 5.32 Å². The Morgan fingerprint density at radius 2 is 1.85 bits per heavy atom. The van der Waals surface area contributed by atoms with Crippen molar-refractivity contribution >= 4 is 28.3 Å². The second-order valence-electron chi connectivity index (χ2n) is 5.34. The maximum atomic E-state index is 12.2. The van der Waals surface area contributed by atoms with Crippen molar-refractivity contribution in [1.82, 2.24) is 4.90 Å². The van der Waals surface area contributed by atoms with E-state index in [1.54, 1.807) is 4.90 Å². The molecule has 5 nitrogen and oxygen atoms in total. The lowest BCUT2D eigenvalue weighted by atomic mass is 10.1. The normalized spacial score (nSPS) is 17.9. The highest BCUT2D eigenvalue weighted by Gasteiger charge is 2.28. The Hall–Kier alpha value is -1.56. The van der Waals surface area contributed by atoms with E-state index in [2.05, 4.69) is 5.32 Å². The molecule has 2 heterocycles. The molecule has 0 unspecified atom stereocenters. The largest absolute Gasteiger partial charge is 0.478 e. The van der Waals surface area contributed by atoms with Crippen LogP contribution in [0.15, 0.2) is 0 Å². The fourth-order valence-electron chi connectivity index (χ4n) is 2.99. The third kappa shape index (κ3) is 2.40. The third-order valence-corrected chi connectivity index (χ3v) is 5.21. The van der Waals surface area contributed by atoms with Crippen LogP contribution in [0.5, 0.6) is 0 Å². The molecule has 2 amide bonds. The molecule has 2 aliphatic rings. The number of nitrogens with zero attached hydrogens (tertiary/aromatic N) is 1. The Labute approximate surface area is 121 Å². The number of carbonyl (C=O) groups excluding carboxylic acids is 1. The summed E-state index contributed by atoms with van der Waals surface area (Å²) in [7, 11) is 0. The zero-order valence-electron chi connectivity index (χ0n) is 11.3. The number of piperidine rings is 1. The summed E-state index contributed by atoms with van der Waals surface area (Å²) in [5.74, 6) is -0.932. The summed E-state index contributed by atoms with van der Waals surface area (Å²) in [6.45, 7) is 1.53. The summed E-state index contributed by atoms with van der Waals surface area (Å²) < 4.78 is 0. The average Bonchev–Trinajstić information content (AvgIpc) is 2.99. The van der Waals surface area contributed by atoms with Crippen LogP contribution in [0.2, 0.25) is 0 Å². The highest BCUT2D eigenvalue weighted by molar-refractivity contribution is 7.17. The van der Waals surface area contributed by atoms with Gasteiger partial charge in [-0.15, -0.1) is 11.3 Å². The Kier molecular flexibility index (Phi) is 3.65. The Bertz CT molecular complexity index is 547. The smallest absolute Gasteiger partial charge is 0.339 e. The molecule has 1 aliphatic carbocycles. The van der Waals surface area contributed by atoms with Gasteiger partial charge in [0.25, 0.3) is 0 Å². The van der Waals surface area contributed by atoms with Crippen molar-refractivity contribution in [2.24, 2.45) is 0 Å². The second-order valence-corrected chi connectivity index (χ2v) is 6.45. The van der Waals surface area contributed by atoms with Gasteiger partial charge in [0, 0.05) is 18.0 Å². The number of nitrogens with one attached hydrogen (secondary N) is 1. The Morgan fingerprint density at radius 3 is 2.55 bits per heavy atom. The molecule has 20 heavy (non-hydrogen) atoms. The first kappa shape index (κ1) is 13.4. The Morgan fingerprint density at radius 1 is 1.10 bits per heavy atom. The molecule has 0 aromatic carbocycles. The number of aromatic carboxylic acids is 1. The monoisotopic (exact) mass is 294 g/mol. The highest BCUT2D eigenvalue weighted by Crippen LogP contribution is 2.39. The van der Waals surface area contributed by atoms with Crippen LogP contribution in [0, 0.1) is 0 Å². The van der Waals surface area contributed by atoms with Gasteiger partial charge in [-0.25, -0.2) is 9.59 Å². The van der Waals surface area contributed by atoms with E-state index in [1.165, 1.54) is 11.3 Å². The zero-order chi connectivity index (χ0) is 14.1. The van der Waals surface area contributed by atoms with Gasteiger partial charge in [-0.2, -0.15) is 0 Å². The van der Waals surface area contributed by atoms with Gasteiger partial charge in [0.15, 0.2) is 0 Å². The van der Waals surface area contributed by atoms with Gasteiger partial charge in [0.1, 0.15) is 5.00 Å². The molecular formula is C14H18N2O3S. The molecular weight excluding hydrogens is 276 g/mol. The van der Waals surface area contributed by atoms with E-state index in [4.69, 9.17) is 0 Å². The number of amides is 2. The highest BCUT2D eigenvalue weighted by atomic mass is 32.1. The van der Waals surface area contributed by atoms with Gasteiger partial charge in [0.2, 0.25) is 0 Å². The minimum absolute atomic E-state index is 0.160. The molecule has 0 spiro atoms. The van der Waals surface area contributed by atoms with Crippen LogP contribution in [0.3, 0.4) is 0 Å². The van der Waals surface area contributed by atoms with Gasteiger partial charge < -0.3 is 10.0 Å². The first-order valence-electron chi connectivity index (χ1n) is 7.10. The maximum Gasteiger partial charge on any atom is 0.339 e. The summed E-state index contributed by atoms with van der Waals surface area (Å²) in [6, 6.07) is -0.160. The van der Waals surface area contributed by atoms with Crippen LogP contribution in [-0.2, 0) is 12.8 Å². The molecule has 0 radical (unpaired) electrons. The summed E-state index contributed by atoms with van der Waals surface area (Å²) in [5.41, 5.74) is 1.24. The van der Waals surface area contributed by atoms with Crippen LogP contribution in [0.25, 0.3) is 0 Å². The molecule has 1 saturated heterocycles. The van der Waals surface area contributed by atoms with E-state index in [0.717, 1.165) is 62.1 Å². The number of fused-ring (bicyclic) bond motifs is 1. The molecule has 0 bridgehead atoms. The number of carboxylic acid groups (broad SMARTS) is 1. The van der Waals surface area contributed by atoms with E-state index < -0.39 is 5.97 Å². The van der Waals surface area contributed by atoms with Gasteiger partial charge >= 0.3 is 12.0 Å². The maximum absolute atomic E-state index is 12.2. The first-order valence-corrected chi connectivity index (χ1v) is 7.92. The lowest BCUT2D eigenvalue weighted by Gasteiger charge is -2.26. The summed E-state index contributed by atoms with van der Waals surface area (Å²) in [4.78, 5) is 26.5. The molecule has 0 atom stereocenters. The minimum Gasteiger partial charge on any atom is -0.478 e. The van der Waals surface area contributed by atoms with Crippen molar-refractivity contribution in [3.8, 4) is 0 Å². The quantitative estimate of drug-likeness (QED) is 0.881. The topological polar surface area (TPSA) is 69.6 Å². The van der Waals surface area contributed by atoms with Crippen molar-refractivity contribution in [3.63, 3.8) is 0 Å². The lowest BCUT2D eigenvalue weighted by molar-refractivity contribution is 0.0697. The zero-order valence-corrected chi connectivity index (χ0v) is 12.1. The number of carbonyl (C=O) groups is 2. The van der Waals surface area contributed by atoms with Gasteiger partial charge in [-0.1, -0.05) is 0 Å². The van der Waals surface area contributed by atoms with E-state index in [9.17, 15) is 14.7 Å². The third-order valence-electron chi connectivity index (χ3n) is 4.00. The lowest BCUT2D eigenvalue weighted by Crippen LogP contribution is -2.38. The predicted octanol–water partition coefficient (Wildman–Crippen LogP) is 2.95. The predicted molar refractivity (Wildman–Crippen MR) is 77.7 cm³/mol. The molecule has 2 N–H and O–H groups in total. The molecule has 1 aromatic heterocycles. The summed E-state index contributed by atoms with van der Waals surface area (Å²) >= 11 is 1.43. The molecule has 0 saturated carbocycles. The molecule has 1 fully saturated rings. The minimum atomic E-state index is -0.932. The average molecular weight is 294 g/mol. The summed E-state index contributed by atoms with van der Waals surface area (Å²) in [5, 5.41) is 12.7. The molecule has 6 heteroatoms. The molecule has 1 aliphatic heterocycles. The first-order chi connectivity index (χ1) is 9.66. The number of urea groups is 1. The molecule has 1 aromatic rings. The van der Waals surface area contributed by atoms with Crippen molar-refractivity contribution < 1.29 is 14.7 Å². The van der Waals surface area contributed by atoms with E-state index >= 15 is 0 Å². The number of aryl methyl sites for hydroxylation is 1. The van der Waals surface area contributed by atoms with Crippen LogP contribution >= 0.6 is 11.3 Å². The molecule has 108 valence electrons. The molecule has 3 rings (SSSR count). The number of carboxylic acids is 1. The van der Waals surface area contributed by atoms with E-state index in [0.29, 0.717) is 10.6 Å². The SMILES string of the molecule is O=C(O)c1c(NC(=O)N2CCCCC2)sc2c1CCC2. The number of hydrogen-bond acceptors (Lipinski definition) is 3. The van der Waals surface area contributed by atoms with E-state index in [-0.39, 0.29) is 6.03 Å². The standard InChI is InChI=1S/C14H18N2O3S/c17-13(18)11-9-5-4-6-10(9)20-12(11)15-14(19)16-7-2-1-3-8-16/h1-8H2,(H,15,19)(H,17,18). The van der Waals surface area contributed by atoms with E-state index in [1.807, 2.05) is 0 Å². The number of likely N-dealkylation sites (tertiary alicyclic amines) is 1. The van der Waals surface area contributed by atoms with Crippen molar-refractivity contribution in [2.45, 2.75) is 38.5 Å². The summed E-state index contributed by atoms with van der Waals surface area (Å²) in [6.07, 6.45) is 5.98. The fourth-order valence-corrected chi connectivity index (χ4v) is 4.26. The number of hydrogen-bond donors (Lipinski definition) is 2. The van der Waals surface area contributed by atoms with Crippen molar-refractivity contribution in [3.05, 3.63) is 16.0 Å². The van der Waals surface area contributed by atoms with Crippen LogP contribution in [0.4, 0.5) is 9.80 Å². The van der Waals surface area contributed by atoms with Crippen LogP contribution in [0.1, 0.15) is 46.5 Å². The van der Waals surface area contributed by atoms with Gasteiger partial charge in [-0.3, -0.25) is 5.32 Å². The Balaban J connectivity index is 1.80. The van der Waals surface area contributed by atoms with Crippen molar-refractivity contribution in [2.75, 3.05) is 18.4 Å².